The van der Waals surface area contributed by atoms with E-state index in [1.807, 2.05) is 0 Å². The molecule has 0 radical (unpaired) electrons. The van der Waals surface area contributed by atoms with Gasteiger partial charge in [-0.2, -0.15) is 0 Å². The highest BCUT2D eigenvalue weighted by molar-refractivity contribution is 8.13. The number of carbonyl (C=O) groups is 4. The first-order chi connectivity index (χ1) is 16.6. The molecular weight excluding hydrogens is 524 g/mol. The molecule has 1 rings (SSSR count). The molecule has 1 amide bonds. The van der Waals surface area contributed by atoms with Crippen molar-refractivity contribution in [2.45, 2.75) is 95.3 Å². The summed E-state index contributed by atoms with van der Waals surface area (Å²) in [5, 5.41) is 19.0. The highest BCUT2D eigenvalue weighted by atomic mass is 32.2. The molecule has 1 aromatic rings. The minimum absolute atomic E-state index is 0.0194. The number of aromatic hydroxyl groups is 1. The average Bonchev–Trinajstić information content (AvgIpc) is 2.64. The van der Waals surface area contributed by atoms with Gasteiger partial charge in [0.25, 0.3) is 0 Å². The molecule has 1 atom stereocenters. The Morgan fingerprint density at radius 2 is 1.41 bits per heavy atom. The van der Waals surface area contributed by atoms with Crippen LogP contribution >= 0.6 is 23.5 Å². The van der Waals surface area contributed by atoms with E-state index in [-0.39, 0.29) is 22.9 Å². The van der Waals surface area contributed by atoms with E-state index < -0.39 is 44.9 Å². The third-order valence-corrected chi connectivity index (χ3v) is 5.62. The number of thioether (sulfide) groups is 2. The summed E-state index contributed by atoms with van der Waals surface area (Å²) in [7, 11) is 0. The van der Waals surface area contributed by atoms with E-state index in [1.165, 1.54) is 12.1 Å². The van der Waals surface area contributed by atoms with Crippen LogP contribution in [0, 0.1) is 0 Å². The number of pyridine rings is 1. The minimum Gasteiger partial charge on any atom is -0.506 e. The molecule has 0 aromatic carbocycles. The smallest absolute Gasteiger partial charge is 0.405 e. The van der Waals surface area contributed by atoms with Gasteiger partial charge < -0.3 is 30.2 Å². The van der Waals surface area contributed by atoms with Crippen molar-refractivity contribution in [1.82, 2.24) is 4.98 Å². The second kappa shape index (κ2) is 13.8. The molecule has 1 aromatic heterocycles. The van der Waals surface area contributed by atoms with Crippen molar-refractivity contribution in [2.75, 3.05) is 5.75 Å². The van der Waals surface area contributed by atoms with Crippen molar-refractivity contribution in [2.24, 2.45) is 5.73 Å². The molecule has 0 fully saturated rings. The lowest BCUT2D eigenvalue weighted by molar-refractivity contribution is -0.164. The van der Waals surface area contributed by atoms with Crippen molar-refractivity contribution < 1.29 is 43.6 Å². The van der Waals surface area contributed by atoms with Crippen LogP contribution in [0.15, 0.2) is 23.4 Å². The second-order valence-corrected chi connectivity index (χ2v) is 13.0. The van der Waals surface area contributed by atoms with Gasteiger partial charge in [0, 0.05) is 5.75 Å². The summed E-state index contributed by atoms with van der Waals surface area (Å²) in [6.45, 7) is 15.4. The number of hydrogen-bond acceptors (Lipinski definition) is 11. The number of esters is 1. The van der Waals surface area contributed by atoms with Gasteiger partial charge in [0.05, 0.1) is 11.2 Å². The van der Waals surface area contributed by atoms with Crippen LogP contribution < -0.4 is 5.73 Å². The summed E-state index contributed by atoms with van der Waals surface area (Å²) in [5.74, 6) is -2.42. The van der Waals surface area contributed by atoms with Crippen LogP contribution in [0.4, 0.5) is 9.59 Å². The van der Waals surface area contributed by atoms with Gasteiger partial charge in [0.2, 0.25) is 4.75 Å². The molecule has 0 aliphatic heterocycles. The summed E-state index contributed by atoms with van der Waals surface area (Å²) in [6.07, 6.45) is 0.228. The summed E-state index contributed by atoms with van der Waals surface area (Å²) in [6, 6.07) is 2.75. The van der Waals surface area contributed by atoms with E-state index in [2.05, 4.69) is 9.72 Å². The Labute approximate surface area is 226 Å². The number of rotatable bonds is 7. The predicted molar refractivity (Wildman–Crippen MR) is 142 cm³/mol. The van der Waals surface area contributed by atoms with Crippen molar-refractivity contribution in [3.05, 3.63) is 18.3 Å². The Balaban J connectivity index is 0.00000139. The first-order valence-electron chi connectivity index (χ1n) is 11.2. The van der Waals surface area contributed by atoms with Crippen LogP contribution in [0.5, 0.6) is 5.75 Å². The predicted octanol–water partition coefficient (Wildman–Crippen LogP) is 4.98. The van der Waals surface area contributed by atoms with E-state index >= 15 is 0 Å². The van der Waals surface area contributed by atoms with Gasteiger partial charge in [0.1, 0.15) is 22.6 Å². The monoisotopic (exact) mass is 562 g/mol. The molecule has 1 unspecified atom stereocenters. The molecule has 0 aliphatic carbocycles. The molecule has 13 heteroatoms. The number of nitrogens with zero attached hydrogens (tertiary/aromatic N) is 1. The number of carbonyl (C=O) groups excluding carboxylic acids is 3. The van der Waals surface area contributed by atoms with E-state index in [1.54, 1.807) is 62.3 Å². The topological polar surface area (TPSA) is 175 Å². The van der Waals surface area contributed by atoms with Crippen molar-refractivity contribution >= 4 is 46.9 Å². The molecule has 37 heavy (non-hydrogen) atoms. The van der Waals surface area contributed by atoms with Crippen LogP contribution in [-0.4, -0.2) is 65.8 Å². The number of carboxylic acid groups (broad SMARTS) is 1. The highest BCUT2D eigenvalue weighted by Crippen LogP contribution is 2.39. The molecule has 0 spiro atoms. The number of primary amides is 1. The Hall–Kier alpha value is -2.67. The molecule has 4 N–H and O–H groups in total. The Morgan fingerprint density at radius 3 is 1.76 bits per heavy atom. The van der Waals surface area contributed by atoms with Crippen molar-refractivity contribution in [3.8, 4) is 5.75 Å². The molecule has 0 saturated carbocycles. The summed E-state index contributed by atoms with van der Waals surface area (Å²) in [4.78, 5) is 51.0. The number of aliphatic carboxylic acids is 1. The Kier molecular flexibility index (Phi) is 12.8. The van der Waals surface area contributed by atoms with Crippen LogP contribution in [0.25, 0.3) is 0 Å². The van der Waals surface area contributed by atoms with Crippen LogP contribution in [0.3, 0.4) is 0 Å². The standard InChI is InChI=1S/C19H27NO7S2.C5H11NO2/c1-17(2,3)26-15(24)19(14(22)23,29-13-8-7-12(21)11-20-13)9-10-28-16(25)27-18(4,5)6;1-5(2,3)8-4(6)7/h7-8,11,21H,9-10H2,1-6H3,(H,22,23);1-3H3,(H2,6,7). The lowest BCUT2D eigenvalue weighted by atomic mass is 10.1. The Morgan fingerprint density at radius 1 is 0.892 bits per heavy atom. The van der Waals surface area contributed by atoms with Gasteiger partial charge >= 0.3 is 23.3 Å². The molecule has 1 heterocycles. The van der Waals surface area contributed by atoms with Crippen molar-refractivity contribution in [1.29, 1.82) is 0 Å². The zero-order valence-electron chi connectivity index (χ0n) is 22.7. The normalized spacial score (nSPS) is 13.3. The maximum atomic E-state index is 12.9. The van der Waals surface area contributed by atoms with Gasteiger partial charge in [-0.3, -0.25) is 4.79 Å². The third kappa shape index (κ3) is 15.2. The first-order valence-corrected chi connectivity index (χ1v) is 13.0. The number of amides is 1. The molecular formula is C24H38N2O9S2. The van der Waals surface area contributed by atoms with Gasteiger partial charge in [-0.15, -0.1) is 0 Å². The summed E-state index contributed by atoms with van der Waals surface area (Å²) >= 11 is 1.49. The maximum Gasteiger partial charge on any atom is 0.405 e. The summed E-state index contributed by atoms with van der Waals surface area (Å²) < 4.78 is 13.1. The maximum absolute atomic E-state index is 12.9. The van der Waals surface area contributed by atoms with Crippen molar-refractivity contribution in [3.63, 3.8) is 0 Å². The molecule has 0 saturated heterocycles. The Bertz CT molecular complexity index is 934. The number of aromatic nitrogens is 1. The minimum atomic E-state index is -2.02. The molecule has 0 aliphatic rings. The van der Waals surface area contributed by atoms with Crippen LogP contribution in [0.1, 0.15) is 68.7 Å². The quantitative estimate of drug-likeness (QED) is 0.176. The van der Waals surface area contributed by atoms with E-state index in [0.717, 1.165) is 18.0 Å². The van der Waals surface area contributed by atoms with Gasteiger partial charge in [0.15, 0.2) is 0 Å². The van der Waals surface area contributed by atoms with Gasteiger partial charge in [-0.1, -0.05) is 11.8 Å². The van der Waals surface area contributed by atoms with Gasteiger partial charge in [-0.25, -0.2) is 19.4 Å². The number of hydrogen-bond donors (Lipinski definition) is 3. The van der Waals surface area contributed by atoms with E-state index in [4.69, 9.17) is 15.2 Å². The fraction of sp³-hybridized carbons (Fsp3) is 0.625. The number of ether oxygens (including phenoxy) is 3. The number of nitrogens with two attached hydrogens (primary N) is 1. The zero-order valence-corrected chi connectivity index (χ0v) is 24.4. The third-order valence-electron chi connectivity index (χ3n) is 3.54. The molecule has 11 nitrogen and oxygen atoms in total. The van der Waals surface area contributed by atoms with E-state index in [9.17, 15) is 29.4 Å². The lowest BCUT2D eigenvalue weighted by Gasteiger charge is -2.30. The average molecular weight is 563 g/mol. The zero-order chi connectivity index (χ0) is 29.2. The number of carboxylic acids is 1. The molecule has 210 valence electrons. The lowest BCUT2D eigenvalue weighted by Crippen LogP contribution is -2.47. The second-order valence-electron chi connectivity index (χ2n) is 10.7. The van der Waals surface area contributed by atoms with Crippen LogP contribution in [0.2, 0.25) is 0 Å². The fourth-order valence-electron chi connectivity index (χ4n) is 2.26. The fourth-order valence-corrected chi connectivity index (χ4v) is 4.29. The first kappa shape index (κ1) is 34.3. The van der Waals surface area contributed by atoms with E-state index in [0.29, 0.717) is 11.8 Å². The highest BCUT2D eigenvalue weighted by Gasteiger charge is 2.50. The molecule has 0 bridgehead atoms. The summed E-state index contributed by atoms with van der Waals surface area (Å²) in [5.41, 5.74) is 2.68. The van der Waals surface area contributed by atoms with Gasteiger partial charge in [-0.05, 0) is 92.6 Å². The SMILES string of the molecule is CC(C)(C)OC(=O)SCCC(Sc1ccc(O)cn1)(C(=O)O)C(=O)OC(C)(C)C.CC(C)(C)OC(N)=O. The largest absolute Gasteiger partial charge is 0.506 e. The van der Waals surface area contributed by atoms with Crippen LogP contribution in [-0.2, 0) is 23.8 Å².